The first-order valence-electron chi connectivity index (χ1n) is 11.3. The van der Waals surface area contributed by atoms with Crippen LogP contribution in [0.1, 0.15) is 38.7 Å². The Morgan fingerprint density at radius 3 is 2.47 bits per heavy atom. The van der Waals surface area contributed by atoms with Gasteiger partial charge in [0, 0.05) is 25.1 Å². The Balaban J connectivity index is 1.76. The van der Waals surface area contributed by atoms with Gasteiger partial charge < -0.3 is 9.64 Å². The Labute approximate surface area is 188 Å². The fraction of sp³-hybridized carbons (Fsp3) is 0.385. The number of carbonyl (C=O) groups is 1. The number of carbonyl (C=O) groups excluding carboxylic acids is 1. The normalized spacial score (nSPS) is 13.8. The van der Waals surface area contributed by atoms with Gasteiger partial charge in [0.05, 0.1) is 12.1 Å². The molecule has 0 radical (unpaired) electrons. The zero-order valence-electron chi connectivity index (χ0n) is 18.9. The summed E-state index contributed by atoms with van der Waals surface area (Å²) in [6.45, 7) is 5.24. The summed E-state index contributed by atoms with van der Waals surface area (Å²) in [6, 6.07) is 16.2. The molecule has 1 fully saturated rings. The zero-order valence-corrected chi connectivity index (χ0v) is 18.9. The number of aromatic nitrogens is 2. The van der Waals surface area contributed by atoms with Gasteiger partial charge in [-0.1, -0.05) is 62.7 Å². The number of hydrogen-bond acceptors (Lipinski definition) is 3. The van der Waals surface area contributed by atoms with Crippen LogP contribution in [0.3, 0.4) is 0 Å². The summed E-state index contributed by atoms with van der Waals surface area (Å²) < 4.78 is 22.0. The molecule has 1 aromatic heterocycles. The first kappa shape index (κ1) is 22.1. The molecule has 1 aliphatic carbocycles. The topological polar surface area (TPSA) is 47.4 Å². The highest BCUT2D eigenvalue weighted by Crippen LogP contribution is 2.36. The summed E-state index contributed by atoms with van der Waals surface area (Å²) in [5, 5.41) is 4.71. The third kappa shape index (κ3) is 4.69. The van der Waals surface area contributed by atoms with E-state index in [2.05, 4.69) is 13.8 Å². The third-order valence-electron chi connectivity index (χ3n) is 5.88. The summed E-state index contributed by atoms with van der Waals surface area (Å²) in [5.41, 5.74) is 2.46. The Morgan fingerprint density at radius 1 is 1.16 bits per heavy atom. The lowest BCUT2D eigenvalue weighted by Crippen LogP contribution is -2.40. The number of halogens is 1. The maximum absolute atomic E-state index is 14.4. The second-order valence-electron chi connectivity index (χ2n) is 8.89. The minimum absolute atomic E-state index is 0.0986. The maximum atomic E-state index is 14.4. The first-order valence-corrected chi connectivity index (χ1v) is 11.3. The average Bonchev–Trinajstić information content (AvgIpc) is 3.03. The molecular weight excluding hydrogens is 405 g/mol. The Hall–Kier alpha value is -3.15. The van der Waals surface area contributed by atoms with Crippen molar-refractivity contribution in [3.05, 3.63) is 66.0 Å². The second-order valence-corrected chi connectivity index (χ2v) is 8.89. The van der Waals surface area contributed by atoms with E-state index < -0.39 is 5.82 Å². The highest BCUT2D eigenvalue weighted by atomic mass is 19.1. The third-order valence-corrected chi connectivity index (χ3v) is 5.88. The van der Waals surface area contributed by atoms with E-state index in [1.165, 1.54) is 6.07 Å². The Kier molecular flexibility index (Phi) is 6.58. The van der Waals surface area contributed by atoms with E-state index in [-0.39, 0.29) is 17.6 Å². The van der Waals surface area contributed by atoms with Gasteiger partial charge in [-0.25, -0.2) is 9.07 Å². The van der Waals surface area contributed by atoms with Crippen molar-refractivity contribution in [2.45, 2.75) is 39.7 Å². The minimum Gasteiger partial charge on any atom is -0.436 e. The summed E-state index contributed by atoms with van der Waals surface area (Å²) >= 11 is 0. The molecule has 0 atom stereocenters. The zero-order chi connectivity index (χ0) is 22.7. The number of amides is 1. The molecule has 0 saturated heterocycles. The van der Waals surface area contributed by atoms with Crippen molar-refractivity contribution in [3.63, 3.8) is 0 Å². The SMILES string of the molecule is CC(C)CN(Cc1c(-c2ccccc2)nn(C)c1Oc1ccccc1F)C(=O)C1CCC1. The van der Waals surface area contributed by atoms with Crippen molar-refractivity contribution in [3.8, 4) is 22.9 Å². The number of rotatable bonds is 8. The van der Waals surface area contributed by atoms with Crippen LogP contribution in [0, 0.1) is 17.7 Å². The van der Waals surface area contributed by atoms with Gasteiger partial charge in [0.2, 0.25) is 11.8 Å². The highest BCUT2D eigenvalue weighted by molar-refractivity contribution is 5.80. The predicted molar refractivity (Wildman–Crippen MR) is 123 cm³/mol. The number of aryl methyl sites for hydroxylation is 1. The molecule has 1 amide bonds. The van der Waals surface area contributed by atoms with Gasteiger partial charge in [-0.2, -0.15) is 5.10 Å². The molecule has 0 bridgehead atoms. The van der Waals surface area contributed by atoms with Crippen molar-refractivity contribution in [2.75, 3.05) is 6.54 Å². The van der Waals surface area contributed by atoms with E-state index >= 15 is 0 Å². The lowest BCUT2D eigenvalue weighted by molar-refractivity contribution is -0.139. The van der Waals surface area contributed by atoms with Crippen LogP contribution in [0.4, 0.5) is 4.39 Å². The summed E-state index contributed by atoms with van der Waals surface area (Å²) in [4.78, 5) is 15.2. The van der Waals surface area contributed by atoms with Gasteiger partial charge in [0.1, 0.15) is 5.69 Å². The first-order chi connectivity index (χ1) is 15.4. The number of para-hydroxylation sites is 1. The molecule has 6 heteroatoms. The van der Waals surface area contributed by atoms with Gasteiger partial charge in [-0.15, -0.1) is 0 Å². The van der Waals surface area contributed by atoms with Crippen LogP contribution >= 0.6 is 0 Å². The summed E-state index contributed by atoms with van der Waals surface area (Å²) in [6.07, 6.45) is 3.00. The largest absolute Gasteiger partial charge is 0.436 e. The number of nitrogens with zero attached hydrogens (tertiary/aromatic N) is 3. The van der Waals surface area contributed by atoms with E-state index in [0.29, 0.717) is 24.9 Å². The molecule has 1 aliphatic rings. The van der Waals surface area contributed by atoms with Crippen molar-refractivity contribution < 1.29 is 13.9 Å². The minimum atomic E-state index is -0.439. The van der Waals surface area contributed by atoms with Crippen LogP contribution in [-0.4, -0.2) is 27.1 Å². The number of ether oxygens (including phenoxy) is 1. The molecule has 4 rings (SSSR count). The van der Waals surface area contributed by atoms with E-state index in [4.69, 9.17) is 9.84 Å². The van der Waals surface area contributed by atoms with Gasteiger partial charge in [-0.3, -0.25) is 4.79 Å². The lowest BCUT2D eigenvalue weighted by atomic mass is 9.84. The smallest absolute Gasteiger partial charge is 0.225 e. The second kappa shape index (κ2) is 9.55. The van der Waals surface area contributed by atoms with Crippen molar-refractivity contribution in [2.24, 2.45) is 18.9 Å². The molecule has 2 aromatic carbocycles. The van der Waals surface area contributed by atoms with Gasteiger partial charge in [0.25, 0.3) is 0 Å². The molecule has 0 N–H and O–H groups in total. The molecule has 0 aliphatic heterocycles. The van der Waals surface area contributed by atoms with Crippen molar-refractivity contribution >= 4 is 5.91 Å². The molecule has 1 saturated carbocycles. The van der Waals surface area contributed by atoms with Gasteiger partial charge >= 0.3 is 0 Å². The van der Waals surface area contributed by atoms with Crippen LogP contribution in [0.15, 0.2) is 54.6 Å². The molecular formula is C26H30FN3O2. The number of benzene rings is 2. The number of hydrogen-bond donors (Lipinski definition) is 0. The van der Waals surface area contributed by atoms with Crippen LogP contribution in [0.25, 0.3) is 11.3 Å². The maximum Gasteiger partial charge on any atom is 0.225 e. The summed E-state index contributed by atoms with van der Waals surface area (Å²) in [5.74, 6) is 0.754. The van der Waals surface area contributed by atoms with Crippen LogP contribution in [0.2, 0.25) is 0 Å². The highest BCUT2D eigenvalue weighted by Gasteiger charge is 2.32. The molecule has 5 nitrogen and oxygen atoms in total. The lowest BCUT2D eigenvalue weighted by Gasteiger charge is -2.33. The van der Waals surface area contributed by atoms with E-state index in [0.717, 1.165) is 36.1 Å². The quantitative estimate of drug-likeness (QED) is 0.449. The van der Waals surface area contributed by atoms with Gasteiger partial charge in [0.15, 0.2) is 11.6 Å². The molecule has 3 aromatic rings. The molecule has 0 spiro atoms. The van der Waals surface area contributed by atoms with Crippen molar-refractivity contribution in [1.29, 1.82) is 0 Å². The van der Waals surface area contributed by atoms with E-state index in [1.54, 1.807) is 29.9 Å². The molecule has 32 heavy (non-hydrogen) atoms. The average molecular weight is 436 g/mol. The fourth-order valence-corrected chi connectivity index (χ4v) is 4.06. The van der Waals surface area contributed by atoms with E-state index in [1.807, 2.05) is 35.2 Å². The predicted octanol–water partition coefficient (Wildman–Crippen LogP) is 5.80. The van der Waals surface area contributed by atoms with Crippen LogP contribution in [0.5, 0.6) is 11.6 Å². The van der Waals surface area contributed by atoms with E-state index in [9.17, 15) is 9.18 Å². The standard InChI is InChI=1S/C26H30FN3O2/c1-18(2)16-30(25(31)20-12-9-13-20)17-21-24(19-10-5-4-6-11-19)28-29(3)26(21)32-23-15-8-7-14-22(23)27/h4-8,10-11,14-15,18,20H,9,12-13,16-17H2,1-3H3. The fourth-order valence-electron chi connectivity index (χ4n) is 4.06. The Morgan fingerprint density at radius 2 is 1.84 bits per heavy atom. The molecule has 1 heterocycles. The van der Waals surface area contributed by atoms with Crippen LogP contribution < -0.4 is 4.74 Å². The van der Waals surface area contributed by atoms with Crippen molar-refractivity contribution in [1.82, 2.24) is 14.7 Å². The monoisotopic (exact) mass is 435 g/mol. The molecule has 168 valence electrons. The molecule has 0 unspecified atom stereocenters. The Bertz CT molecular complexity index is 1070. The van der Waals surface area contributed by atoms with Gasteiger partial charge in [-0.05, 0) is 30.9 Å². The van der Waals surface area contributed by atoms with Crippen LogP contribution in [-0.2, 0) is 18.4 Å². The summed E-state index contributed by atoms with van der Waals surface area (Å²) in [7, 11) is 1.78.